The zero-order valence-electron chi connectivity index (χ0n) is 13.3. The molecule has 1 amide bonds. The Morgan fingerprint density at radius 2 is 1.91 bits per heavy atom. The van der Waals surface area contributed by atoms with Crippen molar-refractivity contribution in [3.05, 3.63) is 29.6 Å². The molecular formula is C17H24FN3O2. The van der Waals surface area contributed by atoms with Gasteiger partial charge >= 0.3 is 0 Å². The number of hydrogen-bond donors (Lipinski definition) is 2. The van der Waals surface area contributed by atoms with Crippen molar-refractivity contribution in [1.29, 1.82) is 0 Å². The van der Waals surface area contributed by atoms with E-state index in [1.807, 2.05) is 0 Å². The van der Waals surface area contributed by atoms with Crippen LogP contribution in [0.3, 0.4) is 0 Å². The van der Waals surface area contributed by atoms with Crippen LogP contribution in [0, 0.1) is 5.82 Å². The molecule has 3 N–H and O–H groups in total. The molecule has 1 aromatic rings. The van der Waals surface area contributed by atoms with Crippen LogP contribution in [0.4, 0.5) is 10.1 Å². The molecule has 1 saturated carbocycles. The molecule has 126 valence electrons. The first kappa shape index (κ1) is 16.2. The second-order valence-corrected chi connectivity index (χ2v) is 6.37. The quantitative estimate of drug-likeness (QED) is 0.833. The average molecular weight is 321 g/mol. The molecule has 0 spiro atoms. The Kier molecular flexibility index (Phi) is 5.13. The molecule has 1 heterocycles. The molecule has 6 heteroatoms. The molecule has 0 atom stereocenters. The number of nitrogens with one attached hydrogen (secondary N) is 1. The Balaban J connectivity index is 1.51. The predicted octanol–water partition coefficient (Wildman–Crippen LogP) is 1.78. The van der Waals surface area contributed by atoms with Gasteiger partial charge in [-0.1, -0.05) is 0 Å². The van der Waals surface area contributed by atoms with Gasteiger partial charge in [0.2, 0.25) is 0 Å². The largest absolute Gasteiger partial charge is 0.399 e. The van der Waals surface area contributed by atoms with Crippen molar-refractivity contribution in [2.75, 3.05) is 32.0 Å². The highest BCUT2D eigenvalue weighted by Crippen LogP contribution is 2.24. The molecule has 23 heavy (non-hydrogen) atoms. The number of amides is 1. The fourth-order valence-corrected chi connectivity index (χ4v) is 3.51. The first-order chi connectivity index (χ1) is 11.1. The molecule has 0 unspecified atom stereocenters. The summed E-state index contributed by atoms with van der Waals surface area (Å²) in [6.45, 7) is 3.62. The van der Waals surface area contributed by atoms with Crippen LogP contribution < -0.4 is 11.1 Å². The molecule has 2 fully saturated rings. The van der Waals surface area contributed by atoms with Gasteiger partial charge in [0.25, 0.3) is 5.91 Å². The van der Waals surface area contributed by atoms with Crippen LogP contribution in [-0.2, 0) is 4.74 Å². The Hall–Kier alpha value is -1.66. The maximum Gasteiger partial charge on any atom is 0.254 e. The lowest BCUT2D eigenvalue weighted by molar-refractivity contribution is 0.00664. The highest BCUT2D eigenvalue weighted by Gasteiger charge is 2.28. The average Bonchev–Trinajstić information content (AvgIpc) is 2.56. The molecule has 3 rings (SSSR count). The molecule has 1 saturated heterocycles. The molecule has 2 aliphatic rings. The number of benzene rings is 1. The smallest absolute Gasteiger partial charge is 0.254 e. The van der Waals surface area contributed by atoms with E-state index in [0.717, 1.165) is 52.0 Å². The third-order valence-corrected chi connectivity index (χ3v) is 4.83. The minimum Gasteiger partial charge on any atom is -0.399 e. The summed E-state index contributed by atoms with van der Waals surface area (Å²) >= 11 is 0. The number of anilines is 1. The number of ether oxygens (including phenoxy) is 1. The zero-order valence-corrected chi connectivity index (χ0v) is 13.3. The molecule has 0 radical (unpaired) electrons. The standard InChI is InChI=1S/C17H24FN3O2/c18-16-11-12(19)1-6-15(16)17(22)20-13-2-4-14(5-3-13)21-7-9-23-10-8-21/h1,6,11,13-14H,2-5,7-10,19H2,(H,20,22). The summed E-state index contributed by atoms with van der Waals surface area (Å²) in [5, 5.41) is 2.96. The number of nitrogens with two attached hydrogens (primary N) is 1. The summed E-state index contributed by atoms with van der Waals surface area (Å²) < 4.78 is 19.2. The monoisotopic (exact) mass is 321 g/mol. The third-order valence-electron chi connectivity index (χ3n) is 4.83. The molecule has 1 aromatic carbocycles. The predicted molar refractivity (Wildman–Crippen MR) is 86.7 cm³/mol. The molecule has 1 aliphatic carbocycles. The molecule has 0 aromatic heterocycles. The van der Waals surface area contributed by atoms with Gasteiger partial charge in [0.1, 0.15) is 5.82 Å². The van der Waals surface area contributed by atoms with Gasteiger partial charge in [-0.15, -0.1) is 0 Å². The van der Waals surface area contributed by atoms with Crippen molar-refractivity contribution in [3.63, 3.8) is 0 Å². The number of nitrogen functional groups attached to an aromatic ring is 1. The summed E-state index contributed by atoms with van der Waals surface area (Å²) in [7, 11) is 0. The van der Waals surface area contributed by atoms with E-state index in [4.69, 9.17) is 10.5 Å². The third kappa shape index (κ3) is 4.00. The number of morpholine rings is 1. The van der Waals surface area contributed by atoms with Gasteiger partial charge < -0.3 is 15.8 Å². The van der Waals surface area contributed by atoms with Crippen molar-refractivity contribution in [2.24, 2.45) is 0 Å². The van der Waals surface area contributed by atoms with Gasteiger partial charge in [-0.05, 0) is 43.9 Å². The highest BCUT2D eigenvalue weighted by molar-refractivity contribution is 5.95. The number of nitrogens with zero attached hydrogens (tertiary/aromatic N) is 1. The van der Waals surface area contributed by atoms with Gasteiger partial charge in [-0.25, -0.2) is 4.39 Å². The fraction of sp³-hybridized carbons (Fsp3) is 0.588. The van der Waals surface area contributed by atoms with Gasteiger partial charge in [0.05, 0.1) is 18.8 Å². The Labute approximate surface area is 136 Å². The van der Waals surface area contributed by atoms with E-state index in [1.54, 1.807) is 6.07 Å². The van der Waals surface area contributed by atoms with Gasteiger partial charge in [0.15, 0.2) is 0 Å². The minimum absolute atomic E-state index is 0.0644. The fourth-order valence-electron chi connectivity index (χ4n) is 3.51. The van der Waals surface area contributed by atoms with Crippen molar-refractivity contribution in [1.82, 2.24) is 10.2 Å². The lowest BCUT2D eigenvalue weighted by Crippen LogP contribution is -2.47. The molecule has 5 nitrogen and oxygen atoms in total. The molecule has 1 aliphatic heterocycles. The van der Waals surface area contributed by atoms with Crippen LogP contribution in [0.5, 0.6) is 0 Å². The minimum atomic E-state index is -0.565. The van der Waals surface area contributed by atoms with E-state index in [1.165, 1.54) is 12.1 Å². The lowest BCUT2D eigenvalue weighted by atomic mass is 9.89. The number of rotatable bonds is 3. The van der Waals surface area contributed by atoms with E-state index in [2.05, 4.69) is 10.2 Å². The van der Waals surface area contributed by atoms with Gasteiger partial charge in [-0.2, -0.15) is 0 Å². The van der Waals surface area contributed by atoms with E-state index in [0.29, 0.717) is 11.7 Å². The Bertz CT molecular complexity index is 553. The summed E-state index contributed by atoms with van der Waals surface area (Å²) in [5.74, 6) is -0.915. The van der Waals surface area contributed by atoms with E-state index < -0.39 is 5.82 Å². The summed E-state index contributed by atoms with van der Waals surface area (Å²) in [4.78, 5) is 14.7. The summed E-state index contributed by atoms with van der Waals surface area (Å²) in [6.07, 6.45) is 4.00. The van der Waals surface area contributed by atoms with E-state index in [-0.39, 0.29) is 17.5 Å². The van der Waals surface area contributed by atoms with Crippen LogP contribution in [0.2, 0.25) is 0 Å². The Morgan fingerprint density at radius 3 is 2.57 bits per heavy atom. The molecule has 0 bridgehead atoms. The first-order valence-corrected chi connectivity index (χ1v) is 8.31. The number of carbonyl (C=O) groups excluding carboxylic acids is 1. The second kappa shape index (κ2) is 7.27. The maximum atomic E-state index is 13.8. The first-order valence-electron chi connectivity index (χ1n) is 8.31. The van der Waals surface area contributed by atoms with Crippen LogP contribution >= 0.6 is 0 Å². The van der Waals surface area contributed by atoms with E-state index >= 15 is 0 Å². The topological polar surface area (TPSA) is 67.6 Å². The number of carbonyl (C=O) groups is 1. The highest BCUT2D eigenvalue weighted by atomic mass is 19.1. The van der Waals surface area contributed by atoms with Crippen molar-refractivity contribution < 1.29 is 13.9 Å². The SMILES string of the molecule is Nc1ccc(C(=O)NC2CCC(N3CCOCC3)CC2)c(F)c1. The van der Waals surface area contributed by atoms with Gasteiger partial charge in [-0.3, -0.25) is 9.69 Å². The van der Waals surface area contributed by atoms with Crippen LogP contribution in [0.15, 0.2) is 18.2 Å². The number of halogens is 1. The lowest BCUT2D eigenvalue weighted by Gasteiger charge is -2.38. The van der Waals surface area contributed by atoms with Crippen LogP contribution in [-0.4, -0.2) is 49.2 Å². The van der Waals surface area contributed by atoms with Crippen molar-refractivity contribution in [3.8, 4) is 0 Å². The second-order valence-electron chi connectivity index (χ2n) is 6.37. The number of hydrogen-bond acceptors (Lipinski definition) is 4. The van der Waals surface area contributed by atoms with Crippen LogP contribution in [0.25, 0.3) is 0 Å². The summed E-state index contributed by atoms with van der Waals surface area (Å²) in [5.41, 5.74) is 5.90. The molecular weight excluding hydrogens is 297 g/mol. The van der Waals surface area contributed by atoms with Crippen molar-refractivity contribution >= 4 is 11.6 Å². The van der Waals surface area contributed by atoms with E-state index in [9.17, 15) is 9.18 Å². The van der Waals surface area contributed by atoms with Crippen molar-refractivity contribution in [2.45, 2.75) is 37.8 Å². The van der Waals surface area contributed by atoms with Gasteiger partial charge in [0, 0.05) is 30.9 Å². The normalized spacial score (nSPS) is 26.0. The Morgan fingerprint density at radius 1 is 1.22 bits per heavy atom. The zero-order chi connectivity index (χ0) is 16.2. The maximum absolute atomic E-state index is 13.8. The summed E-state index contributed by atoms with van der Waals surface area (Å²) in [6, 6.07) is 4.88. The van der Waals surface area contributed by atoms with Crippen LogP contribution in [0.1, 0.15) is 36.0 Å².